The third-order valence-corrected chi connectivity index (χ3v) is 3.03. The van der Waals surface area contributed by atoms with E-state index in [-0.39, 0.29) is 0 Å². The van der Waals surface area contributed by atoms with Crippen molar-refractivity contribution in [3.63, 3.8) is 0 Å². The molecule has 0 spiro atoms. The summed E-state index contributed by atoms with van der Waals surface area (Å²) in [6.07, 6.45) is 1.14. The van der Waals surface area contributed by atoms with E-state index in [9.17, 15) is 0 Å². The molecule has 2 aromatic carbocycles. The van der Waals surface area contributed by atoms with E-state index in [2.05, 4.69) is 37.3 Å². The molecule has 0 aliphatic carbocycles. The summed E-state index contributed by atoms with van der Waals surface area (Å²) >= 11 is 6.06. The lowest BCUT2D eigenvalue weighted by Gasteiger charge is -2.18. The summed E-state index contributed by atoms with van der Waals surface area (Å²) in [6, 6.07) is 18.6. The number of hydrogen-bond acceptors (Lipinski definition) is 0. The summed E-state index contributed by atoms with van der Waals surface area (Å²) < 4.78 is 0. The first-order valence-electron chi connectivity index (χ1n) is 5.98. The van der Waals surface area contributed by atoms with Crippen LogP contribution in [0, 0.1) is 0 Å². The smallest absolute Gasteiger partial charge is 0.137 e. The van der Waals surface area contributed by atoms with Crippen LogP contribution in [-0.4, -0.2) is 6.54 Å². The zero-order valence-electron chi connectivity index (χ0n) is 9.99. The van der Waals surface area contributed by atoms with Gasteiger partial charge >= 0.3 is 0 Å². The Morgan fingerprint density at radius 3 is 2.29 bits per heavy atom. The summed E-state index contributed by atoms with van der Waals surface area (Å²) in [5, 5.41) is 0.798. The van der Waals surface area contributed by atoms with Crippen LogP contribution in [0.2, 0.25) is 5.02 Å². The second kappa shape index (κ2) is 5.85. The molecule has 0 saturated carbocycles. The number of para-hydroxylation sites is 1. The molecule has 1 N–H and O–H groups in total. The van der Waals surface area contributed by atoms with Crippen molar-refractivity contribution >= 4 is 23.0 Å². The largest absolute Gasteiger partial charge is 0.270 e. The monoisotopic (exact) mass is 246 g/mol. The normalized spacial score (nSPS) is 12.4. The first-order valence-corrected chi connectivity index (χ1v) is 6.36. The molecule has 0 bridgehead atoms. The lowest BCUT2D eigenvalue weighted by Crippen LogP contribution is -3.02. The summed E-state index contributed by atoms with van der Waals surface area (Å²) in [5.41, 5.74) is 2.52. The number of rotatable bonds is 4. The summed E-state index contributed by atoms with van der Waals surface area (Å²) in [7, 11) is 0. The summed E-state index contributed by atoms with van der Waals surface area (Å²) in [4.78, 5) is 1.37. The molecule has 1 nitrogen and oxygen atoms in total. The van der Waals surface area contributed by atoms with Crippen molar-refractivity contribution in [2.75, 3.05) is 6.54 Å². The minimum Gasteiger partial charge on any atom is -0.270 e. The average molecular weight is 247 g/mol. The SMILES string of the molecule is CCC[NH+](c1ccccc1)c1cccc(Cl)c1. The van der Waals surface area contributed by atoms with Crippen LogP contribution in [0.15, 0.2) is 54.6 Å². The molecule has 0 heterocycles. The van der Waals surface area contributed by atoms with Crippen molar-refractivity contribution in [3.05, 3.63) is 59.6 Å². The molecular formula is C15H17ClN+. The fourth-order valence-electron chi connectivity index (χ4n) is 2.02. The molecule has 0 saturated heterocycles. The molecule has 0 radical (unpaired) electrons. The maximum atomic E-state index is 6.06. The van der Waals surface area contributed by atoms with Gasteiger partial charge in [0.15, 0.2) is 0 Å². The highest BCUT2D eigenvalue weighted by Crippen LogP contribution is 2.14. The second-order valence-electron chi connectivity index (χ2n) is 4.10. The standard InChI is InChI=1S/C15H16ClN/c1-2-11-17(14-8-4-3-5-9-14)15-10-6-7-13(16)12-15/h3-10,12H,2,11H2,1H3/p+1. The molecule has 1 unspecified atom stereocenters. The molecule has 0 amide bonds. The minimum atomic E-state index is 0.798. The van der Waals surface area contributed by atoms with E-state index < -0.39 is 0 Å². The van der Waals surface area contributed by atoms with Gasteiger partial charge in [0.1, 0.15) is 11.4 Å². The first-order chi connectivity index (χ1) is 8.31. The van der Waals surface area contributed by atoms with E-state index in [1.54, 1.807) is 0 Å². The average Bonchev–Trinajstić information content (AvgIpc) is 2.37. The summed E-state index contributed by atoms with van der Waals surface area (Å²) in [6.45, 7) is 3.28. The van der Waals surface area contributed by atoms with Crippen LogP contribution < -0.4 is 4.90 Å². The third kappa shape index (κ3) is 3.09. The van der Waals surface area contributed by atoms with Crippen molar-refractivity contribution < 1.29 is 4.90 Å². The highest BCUT2D eigenvalue weighted by atomic mass is 35.5. The van der Waals surface area contributed by atoms with E-state index in [4.69, 9.17) is 11.6 Å². The lowest BCUT2D eigenvalue weighted by atomic mass is 10.2. The number of quaternary nitrogens is 1. The van der Waals surface area contributed by atoms with Gasteiger partial charge in [0, 0.05) is 11.1 Å². The third-order valence-electron chi connectivity index (χ3n) is 2.80. The molecule has 0 aliphatic heterocycles. The first kappa shape index (κ1) is 12.2. The Morgan fingerprint density at radius 1 is 0.941 bits per heavy atom. The van der Waals surface area contributed by atoms with Crippen molar-refractivity contribution in [2.45, 2.75) is 13.3 Å². The molecule has 0 aliphatic rings. The van der Waals surface area contributed by atoms with Crippen LogP contribution in [-0.2, 0) is 0 Å². The maximum absolute atomic E-state index is 6.06. The van der Waals surface area contributed by atoms with Gasteiger partial charge in [0.05, 0.1) is 6.54 Å². The molecule has 0 aromatic heterocycles. The van der Waals surface area contributed by atoms with Gasteiger partial charge in [-0.25, -0.2) is 0 Å². The number of halogens is 1. The highest BCUT2D eigenvalue weighted by molar-refractivity contribution is 6.30. The Morgan fingerprint density at radius 2 is 1.65 bits per heavy atom. The summed E-state index contributed by atoms with van der Waals surface area (Å²) in [5.74, 6) is 0. The van der Waals surface area contributed by atoms with E-state index >= 15 is 0 Å². The molecular weight excluding hydrogens is 230 g/mol. The predicted octanol–water partition coefficient (Wildman–Crippen LogP) is 3.60. The van der Waals surface area contributed by atoms with Gasteiger partial charge in [0.2, 0.25) is 0 Å². The van der Waals surface area contributed by atoms with Gasteiger partial charge in [-0.2, -0.15) is 0 Å². The molecule has 2 heteroatoms. The van der Waals surface area contributed by atoms with Crippen molar-refractivity contribution in [1.29, 1.82) is 0 Å². The Kier molecular flexibility index (Phi) is 4.18. The molecule has 88 valence electrons. The zero-order chi connectivity index (χ0) is 12.1. The van der Waals surface area contributed by atoms with Gasteiger partial charge in [-0.3, -0.25) is 4.90 Å². The van der Waals surface area contributed by atoms with Gasteiger partial charge in [0.25, 0.3) is 0 Å². The predicted molar refractivity (Wildman–Crippen MR) is 73.3 cm³/mol. The molecule has 2 aromatic rings. The zero-order valence-corrected chi connectivity index (χ0v) is 10.7. The molecule has 17 heavy (non-hydrogen) atoms. The Hall–Kier alpha value is -1.31. The van der Waals surface area contributed by atoms with Gasteiger partial charge in [-0.15, -0.1) is 0 Å². The highest BCUT2D eigenvalue weighted by Gasteiger charge is 2.13. The molecule has 1 atom stereocenters. The lowest BCUT2D eigenvalue weighted by molar-refractivity contribution is -0.760. The number of benzene rings is 2. The van der Waals surface area contributed by atoms with Crippen LogP contribution in [0.3, 0.4) is 0 Å². The van der Waals surface area contributed by atoms with Gasteiger partial charge in [-0.1, -0.05) is 42.8 Å². The second-order valence-corrected chi connectivity index (χ2v) is 4.54. The van der Waals surface area contributed by atoms with Crippen LogP contribution in [0.25, 0.3) is 0 Å². The fraction of sp³-hybridized carbons (Fsp3) is 0.200. The van der Waals surface area contributed by atoms with E-state index in [1.165, 1.54) is 16.3 Å². The number of nitrogens with one attached hydrogen (secondary N) is 1. The minimum absolute atomic E-state index is 0.798. The topological polar surface area (TPSA) is 4.44 Å². The van der Waals surface area contributed by atoms with Crippen molar-refractivity contribution in [1.82, 2.24) is 0 Å². The van der Waals surface area contributed by atoms with Crippen LogP contribution in [0.5, 0.6) is 0 Å². The fourth-order valence-corrected chi connectivity index (χ4v) is 2.21. The maximum Gasteiger partial charge on any atom is 0.137 e. The van der Waals surface area contributed by atoms with E-state index in [1.807, 2.05) is 24.3 Å². The quantitative estimate of drug-likeness (QED) is 0.841. The van der Waals surface area contributed by atoms with Crippen molar-refractivity contribution in [3.8, 4) is 0 Å². The molecule has 0 fully saturated rings. The van der Waals surface area contributed by atoms with Crippen LogP contribution >= 0.6 is 11.6 Å². The van der Waals surface area contributed by atoms with E-state index in [0.717, 1.165) is 18.0 Å². The number of hydrogen-bond donors (Lipinski definition) is 1. The van der Waals surface area contributed by atoms with Gasteiger partial charge in [-0.05, 0) is 30.7 Å². The Balaban J connectivity index is 2.35. The van der Waals surface area contributed by atoms with Crippen molar-refractivity contribution in [2.24, 2.45) is 0 Å². The van der Waals surface area contributed by atoms with Crippen LogP contribution in [0.1, 0.15) is 13.3 Å². The van der Waals surface area contributed by atoms with Gasteiger partial charge < -0.3 is 0 Å². The molecule has 2 rings (SSSR count). The Bertz CT molecular complexity index is 467. The van der Waals surface area contributed by atoms with Crippen LogP contribution in [0.4, 0.5) is 11.4 Å². The van der Waals surface area contributed by atoms with E-state index in [0.29, 0.717) is 0 Å². The Labute approximate surface area is 108 Å².